The van der Waals surface area contributed by atoms with Crippen LogP contribution in [0.15, 0.2) is 54.6 Å². The first-order chi connectivity index (χ1) is 13.4. The van der Waals surface area contributed by atoms with Gasteiger partial charge >= 0.3 is 23.9 Å². The van der Waals surface area contributed by atoms with E-state index in [9.17, 15) is 19.2 Å². The standard InChI is InChI=1S/C20H18O8/c21-17(22)10-19(25)27-12-15(13-6-2-1-3-7-13)14-8-4-5-9-16(14)28-20(26)11-18(23)24/h1-9,15H,10-12H2,(H,21,22)(H,23,24). The quantitative estimate of drug-likeness (QED) is 0.381. The molecule has 146 valence electrons. The second kappa shape index (κ2) is 9.86. The van der Waals surface area contributed by atoms with Crippen LogP contribution in [0.4, 0.5) is 0 Å². The molecule has 1 atom stereocenters. The second-order valence-corrected chi connectivity index (χ2v) is 5.80. The Morgan fingerprint density at radius 1 is 0.786 bits per heavy atom. The molecule has 0 radical (unpaired) electrons. The smallest absolute Gasteiger partial charge is 0.322 e. The first-order valence-corrected chi connectivity index (χ1v) is 8.30. The van der Waals surface area contributed by atoms with Gasteiger partial charge in [0.25, 0.3) is 0 Å². The lowest BCUT2D eigenvalue weighted by Crippen LogP contribution is -2.18. The van der Waals surface area contributed by atoms with Gasteiger partial charge in [-0.05, 0) is 11.6 Å². The largest absolute Gasteiger partial charge is 0.481 e. The highest BCUT2D eigenvalue weighted by Crippen LogP contribution is 2.32. The molecule has 0 aromatic heterocycles. The Balaban J connectivity index is 2.30. The fourth-order valence-electron chi connectivity index (χ4n) is 2.55. The number of rotatable bonds is 9. The number of aliphatic carboxylic acids is 2. The Kier molecular flexibility index (Phi) is 7.27. The number of para-hydroxylation sites is 1. The highest BCUT2D eigenvalue weighted by Gasteiger charge is 2.22. The van der Waals surface area contributed by atoms with Crippen molar-refractivity contribution in [2.24, 2.45) is 0 Å². The minimum absolute atomic E-state index is 0.136. The molecule has 0 heterocycles. The van der Waals surface area contributed by atoms with Gasteiger partial charge in [-0.3, -0.25) is 19.2 Å². The molecule has 2 aromatic rings. The molecule has 0 saturated heterocycles. The van der Waals surface area contributed by atoms with Crippen molar-refractivity contribution < 1.29 is 38.9 Å². The molecular weight excluding hydrogens is 368 g/mol. The molecule has 0 saturated carbocycles. The van der Waals surface area contributed by atoms with Gasteiger partial charge in [0.05, 0.1) is 0 Å². The molecule has 0 fully saturated rings. The average Bonchev–Trinajstić information content (AvgIpc) is 2.62. The topological polar surface area (TPSA) is 127 Å². The fraction of sp³-hybridized carbons (Fsp3) is 0.200. The number of carboxylic acid groups (broad SMARTS) is 2. The van der Waals surface area contributed by atoms with Crippen LogP contribution in [0.1, 0.15) is 29.9 Å². The number of ether oxygens (including phenoxy) is 2. The maximum atomic E-state index is 11.8. The minimum Gasteiger partial charge on any atom is -0.481 e. The van der Waals surface area contributed by atoms with E-state index in [1.54, 1.807) is 48.5 Å². The summed E-state index contributed by atoms with van der Waals surface area (Å²) in [6, 6.07) is 15.4. The van der Waals surface area contributed by atoms with Gasteiger partial charge in [0, 0.05) is 11.5 Å². The molecule has 0 bridgehead atoms. The van der Waals surface area contributed by atoms with E-state index >= 15 is 0 Å². The summed E-state index contributed by atoms with van der Waals surface area (Å²) >= 11 is 0. The number of benzene rings is 2. The fourth-order valence-corrected chi connectivity index (χ4v) is 2.55. The molecule has 8 nitrogen and oxygen atoms in total. The molecule has 0 aliphatic rings. The molecule has 28 heavy (non-hydrogen) atoms. The number of carbonyl (C=O) groups excluding carboxylic acids is 2. The van der Waals surface area contributed by atoms with Gasteiger partial charge in [-0.1, -0.05) is 48.5 Å². The number of carbonyl (C=O) groups is 4. The summed E-state index contributed by atoms with van der Waals surface area (Å²) in [7, 11) is 0. The Morgan fingerprint density at radius 2 is 1.36 bits per heavy atom. The van der Waals surface area contributed by atoms with Gasteiger partial charge in [0.2, 0.25) is 0 Å². The molecule has 2 rings (SSSR count). The Labute approximate surface area is 160 Å². The molecule has 0 aliphatic carbocycles. The minimum atomic E-state index is -1.32. The van der Waals surface area contributed by atoms with Crippen molar-refractivity contribution in [3.05, 3.63) is 65.7 Å². The zero-order chi connectivity index (χ0) is 20.5. The van der Waals surface area contributed by atoms with Crippen LogP contribution in [0.25, 0.3) is 0 Å². The third-order valence-electron chi connectivity index (χ3n) is 3.72. The van der Waals surface area contributed by atoms with E-state index in [1.807, 2.05) is 0 Å². The monoisotopic (exact) mass is 386 g/mol. The predicted molar refractivity (Wildman–Crippen MR) is 95.8 cm³/mol. The predicted octanol–water partition coefficient (Wildman–Crippen LogP) is 2.22. The number of hydrogen-bond donors (Lipinski definition) is 2. The van der Waals surface area contributed by atoms with Gasteiger partial charge in [-0.2, -0.15) is 0 Å². The Hall–Kier alpha value is -3.68. The zero-order valence-corrected chi connectivity index (χ0v) is 14.7. The van der Waals surface area contributed by atoms with Crippen LogP contribution < -0.4 is 4.74 Å². The van der Waals surface area contributed by atoms with Crippen molar-refractivity contribution in [1.82, 2.24) is 0 Å². The van der Waals surface area contributed by atoms with Gasteiger partial charge in [0.15, 0.2) is 0 Å². The Morgan fingerprint density at radius 3 is 2.00 bits per heavy atom. The van der Waals surface area contributed by atoms with Crippen molar-refractivity contribution >= 4 is 23.9 Å². The molecule has 1 unspecified atom stereocenters. The van der Waals surface area contributed by atoms with Crippen molar-refractivity contribution in [3.63, 3.8) is 0 Å². The van der Waals surface area contributed by atoms with E-state index in [0.29, 0.717) is 5.56 Å². The van der Waals surface area contributed by atoms with Gasteiger partial charge in [-0.25, -0.2) is 0 Å². The maximum Gasteiger partial charge on any atom is 0.322 e. The third kappa shape index (κ3) is 6.24. The van der Waals surface area contributed by atoms with E-state index in [-0.39, 0.29) is 12.4 Å². The average molecular weight is 386 g/mol. The van der Waals surface area contributed by atoms with Crippen LogP contribution in [0, 0.1) is 0 Å². The summed E-state index contributed by atoms with van der Waals surface area (Å²) in [6.07, 6.45) is -1.56. The summed E-state index contributed by atoms with van der Waals surface area (Å²) in [5, 5.41) is 17.4. The molecular formula is C20H18O8. The summed E-state index contributed by atoms with van der Waals surface area (Å²) in [6.45, 7) is -0.177. The highest BCUT2D eigenvalue weighted by atomic mass is 16.5. The van der Waals surface area contributed by atoms with Crippen LogP contribution in [0.5, 0.6) is 5.75 Å². The van der Waals surface area contributed by atoms with Gasteiger partial charge < -0.3 is 19.7 Å². The first-order valence-electron chi connectivity index (χ1n) is 8.30. The summed E-state index contributed by atoms with van der Waals surface area (Å²) in [5.74, 6) is -4.86. The van der Waals surface area contributed by atoms with E-state index in [2.05, 4.69) is 0 Å². The lowest BCUT2D eigenvalue weighted by Gasteiger charge is -2.20. The lowest BCUT2D eigenvalue weighted by atomic mass is 9.91. The number of hydrogen-bond acceptors (Lipinski definition) is 6. The lowest BCUT2D eigenvalue weighted by molar-refractivity contribution is -0.152. The number of esters is 2. The Bertz CT molecular complexity index is 860. The van der Waals surface area contributed by atoms with Crippen molar-refractivity contribution in [2.75, 3.05) is 6.61 Å². The van der Waals surface area contributed by atoms with Crippen molar-refractivity contribution in [1.29, 1.82) is 0 Å². The van der Waals surface area contributed by atoms with E-state index in [0.717, 1.165) is 5.56 Å². The zero-order valence-electron chi connectivity index (χ0n) is 14.7. The molecule has 0 amide bonds. The molecule has 0 spiro atoms. The van der Waals surface area contributed by atoms with Crippen molar-refractivity contribution in [3.8, 4) is 5.75 Å². The van der Waals surface area contributed by atoms with Crippen LogP contribution in [0.3, 0.4) is 0 Å². The molecule has 8 heteroatoms. The summed E-state index contributed by atoms with van der Waals surface area (Å²) in [5.41, 5.74) is 1.24. The third-order valence-corrected chi connectivity index (χ3v) is 3.72. The van der Waals surface area contributed by atoms with E-state index < -0.39 is 42.6 Å². The maximum absolute atomic E-state index is 11.8. The highest BCUT2D eigenvalue weighted by molar-refractivity contribution is 5.91. The van der Waals surface area contributed by atoms with E-state index in [1.165, 1.54) is 6.07 Å². The molecule has 0 aliphatic heterocycles. The van der Waals surface area contributed by atoms with Crippen LogP contribution in [0.2, 0.25) is 0 Å². The van der Waals surface area contributed by atoms with Crippen LogP contribution in [-0.2, 0) is 23.9 Å². The van der Waals surface area contributed by atoms with Crippen LogP contribution in [-0.4, -0.2) is 40.7 Å². The first kappa shape index (κ1) is 20.6. The SMILES string of the molecule is O=C(O)CC(=O)OCC(c1ccccc1)c1ccccc1OC(=O)CC(=O)O. The molecule has 2 N–H and O–H groups in total. The van der Waals surface area contributed by atoms with Crippen molar-refractivity contribution in [2.45, 2.75) is 18.8 Å². The summed E-state index contributed by atoms with van der Waals surface area (Å²) in [4.78, 5) is 44.8. The number of carboxylic acids is 2. The van der Waals surface area contributed by atoms with Gasteiger partial charge in [0.1, 0.15) is 25.2 Å². The van der Waals surface area contributed by atoms with Crippen LogP contribution >= 0.6 is 0 Å². The van der Waals surface area contributed by atoms with E-state index in [4.69, 9.17) is 19.7 Å². The summed E-state index contributed by atoms with van der Waals surface area (Å²) < 4.78 is 10.3. The van der Waals surface area contributed by atoms with Gasteiger partial charge in [-0.15, -0.1) is 0 Å². The second-order valence-electron chi connectivity index (χ2n) is 5.80. The molecule has 2 aromatic carbocycles. The normalized spacial score (nSPS) is 11.3.